The molecule has 1 atom stereocenters. The number of hydrogen-bond donors (Lipinski definition) is 4. The van der Waals surface area contributed by atoms with E-state index in [1.807, 2.05) is 0 Å². The molecule has 0 bridgehead atoms. The third-order valence-electron chi connectivity index (χ3n) is 5.69. The number of anilines is 2. The maximum atomic E-state index is 14.7. The van der Waals surface area contributed by atoms with Gasteiger partial charge in [-0.25, -0.2) is 4.39 Å². The van der Waals surface area contributed by atoms with Gasteiger partial charge in [-0.2, -0.15) is 13.2 Å². The van der Waals surface area contributed by atoms with Gasteiger partial charge in [-0.15, -0.1) is 0 Å². The zero-order chi connectivity index (χ0) is 27.5. The van der Waals surface area contributed by atoms with Gasteiger partial charge >= 0.3 is 6.18 Å². The zero-order valence-corrected chi connectivity index (χ0v) is 20.2. The Labute approximate surface area is 218 Å². The van der Waals surface area contributed by atoms with E-state index in [1.165, 1.54) is 18.3 Å². The van der Waals surface area contributed by atoms with Crippen LogP contribution >= 0.6 is 11.6 Å². The Kier molecular flexibility index (Phi) is 7.69. The maximum Gasteiger partial charge on any atom is 0.418 e. The Hall–Kier alpha value is -3.97. The van der Waals surface area contributed by atoms with Crippen LogP contribution in [0.3, 0.4) is 0 Å². The fraction of sp³-hybridized carbons (Fsp3) is 0.250. The lowest BCUT2D eigenvalue weighted by atomic mass is 9.96. The van der Waals surface area contributed by atoms with Gasteiger partial charge in [-0.05, 0) is 24.3 Å². The lowest BCUT2D eigenvalue weighted by molar-refractivity contribution is -0.137. The van der Waals surface area contributed by atoms with E-state index in [0.717, 1.165) is 30.6 Å². The number of nitrogens with one attached hydrogen (secondary N) is 3. The molecule has 38 heavy (non-hydrogen) atoms. The molecule has 9 nitrogen and oxygen atoms in total. The fourth-order valence-corrected chi connectivity index (χ4v) is 3.93. The second-order valence-electron chi connectivity index (χ2n) is 8.42. The Bertz CT molecular complexity index is 1370. The summed E-state index contributed by atoms with van der Waals surface area (Å²) in [5, 5.41) is 17.0. The number of ether oxygens (including phenoxy) is 1. The summed E-state index contributed by atoms with van der Waals surface area (Å²) in [7, 11) is 0. The van der Waals surface area contributed by atoms with Crippen molar-refractivity contribution in [3.63, 3.8) is 0 Å². The Balaban J connectivity index is 1.44. The standard InChI is InChI=1S/C24H20ClF4N5O4/c25-14-1-2-19(17(6-14)24(27,28)29)33-15-7-18(26)20(31-9-15)11-32-22(37)23(3-4-38-12-23)34-21(36)13-5-16(35)10-30-8-13/h1-2,5-10,33,35H,3-4,11-12H2,(H,32,37)(H,34,36). The van der Waals surface area contributed by atoms with Crippen molar-refractivity contribution in [1.29, 1.82) is 0 Å². The van der Waals surface area contributed by atoms with Crippen LogP contribution in [0.2, 0.25) is 5.02 Å². The number of nitrogens with zero attached hydrogens (tertiary/aromatic N) is 2. The van der Waals surface area contributed by atoms with E-state index in [4.69, 9.17) is 16.3 Å². The summed E-state index contributed by atoms with van der Waals surface area (Å²) in [5.74, 6) is -2.45. The van der Waals surface area contributed by atoms with E-state index in [1.54, 1.807) is 0 Å². The minimum absolute atomic E-state index is 0.0224. The van der Waals surface area contributed by atoms with Crippen LogP contribution < -0.4 is 16.0 Å². The van der Waals surface area contributed by atoms with Gasteiger partial charge in [0.15, 0.2) is 0 Å². The van der Waals surface area contributed by atoms with Crippen LogP contribution in [0.5, 0.6) is 5.75 Å². The molecule has 0 radical (unpaired) electrons. The van der Waals surface area contributed by atoms with Crippen molar-refractivity contribution in [3.05, 3.63) is 76.6 Å². The number of benzene rings is 1. The SMILES string of the molecule is O=C(NC1(C(=O)NCc2ncc(Nc3ccc(Cl)cc3C(F)(F)F)cc2F)CCOC1)c1cncc(O)c1. The first-order chi connectivity index (χ1) is 18.0. The van der Waals surface area contributed by atoms with Crippen LogP contribution in [-0.2, 0) is 22.3 Å². The summed E-state index contributed by atoms with van der Waals surface area (Å²) in [6, 6.07) is 5.23. The number of hydrogen-bond acceptors (Lipinski definition) is 7. The molecule has 3 aromatic rings. The highest BCUT2D eigenvalue weighted by atomic mass is 35.5. The number of carbonyl (C=O) groups is 2. The summed E-state index contributed by atoms with van der Waals surface area (Å²) in [6.45, 7) is -0.327. The lowest BCUT2D eigenvalue weighted by Gasteiger charge is -2.27. The van der Waals surface area contributed by atoms with Gasteiger partial charge in [-0.1, -0.05) is 11.6 Å². The van der Waals surface area contributed by atoms with Crippen molar-refractivity contribution < 1.29 is 37.0 Å². The minimum Gasteiger partial charge on any atom is -0.506 e. The van der Waals surface area contributed by atoms with Crippen LogP contribution in [0.4, 0.5) is 28.9 Å². The van der Waals surface area contributed by atoms with Gasteiger partial charge in [0.2, 0.25) is 5.91 Å². The minimum atomic E-state index is -4.70. The molecule has 2 amide bonds. The molecule has 14 heteroatoms. The second kappa shape index (κ2) is 10.8. The topological polar surface area (TPSA) is 125 Å². The summed E-state index contributed by atoms with van der Waals surface area (Å²) < 4.78 is 60.0. The molecule has 3 heterocycles. The smallest absolute Gasteiger partial charge is 0.418 e. The summed E-state index contributed by atoms with van der Waals surface area (Å²) in [5.41, 5.74) is -3.05. The molecule has 1 saturated heterocycles. The van der Waals surface area contributed by atoms with Gasteiger partial charge in [0.05, 0.1) is 53.7 Å². The van der Waals surface area contributed by atoms with E-state index in [-0.39, 0.29) is 59.6 Å². The van der Waals surface area contributed by atoms with Crippen LogP contribution in [0.25, 0.3) is 0 Å². The number of aromatic hydroxyl groups is 1. The van der Waals surface area contributed by atoms with Crippen LogP contribution in [-0.4, -0.2) is 45.6 Å². The van der Waals surface area contributed by atoms with Crippen LogP contribution in [0, 0.1) is 5.82 Å². The lowest BCUT2D eigenvalue weighted by Crippen LogP contribution is -2.59. The molecule has 0 saturated carbocycles. The average molecular weight is 554 g/mol. The number of pyridine rings is 2. The molecule has 4 N–H and O–H groups in total. The van der Waals surface area contributed by atoms with Crippen molar-refractivity contribution in [3.8, 4) is 5.75 Å². The van der Waals surface area contributed by atoms with Crippen molar-refractivity contribution >= 4 is 34.8 Å². The Morgan fingerprint density at radius 3 is 2.61 bits per heavy atom. The van der Waals surface area contributed by atoms with Crippen molar-refractivity contribution in [2.75, 3.05) is 18.5 Å². The number of carbonyl (C=O) groups excluding carboxylic acids is 2. The molecular weight excluding hydrogens is 534 g/mol. The quantitative estimate of drug-likeness (QED) is 0.327. The van der Waals surface area contributed by atoms with Crippen molar-refractivity contribution in [2.45, 2.75) is 24.7 Å². The first-order valence-corrected chi connectivity index (χ1v) is 11.5. The van der Waals surface area contributed by atoms with E-state index in [9.17, 15) is 32.3 Å². The van der Waals surface area contributed by atoms with Crippen molar-refractivity contribution in [1.82, 2.24) is 20.6 Å². The number of halogens is 5. The third kappa shape index (κ3) is 6.11. The highest BCUT2D eigenvalue weighted by Crippen LogP contribution is 2.37. The van der Waals surface area contributed by atoms with Gasteiger partial charge in [0, 0.05) is 30.3 Å². The number of amides is 2. The van der Waals surface area contributed by atoms with Gasteiger partial charge in [0.25, 0.3) is 5.91 Å². The molecule has 200 valence electrons. The van der Waals surface area contributed by atoms with Gasteiger partial charge < -0.3 is 25.8 Å². The number of aromatic nitrogens is 2. The van der Waals surface area contributed by atoms with E-state index in [0.29, 0.717) is 0 Å². The van der Waals surface area contributed by atoms with Crippen LogP contribution in [0.15, 0.2) is 48.9 Å². The third-order valence-corrected chi connectivity index (χ3v) is 5.93. The highest BCUT2D eigenvalue weighted by Gasteiger charge is 2.44. The Morgan fingerprint density at radius 2 is 1.95 bits per heavy atom. The molecule has 1 aliphatic heterocycles. The van der Waals surface area contributed by atoms with Crippen LogP contribution in [0.1, 0.15) is 28.0 Å². The highest BCUT2D eigenvalue weighted by molar-refractivity contribution is 6.30. The van der Waals surface area contributed by atoms with E-state index >= 15 is 0 Å². The maximum absolute atomic E-state index is 14.7. The van der Waals surface area contributed by atoms with Gasteiger partial charge in [0.1, 0.15) is 17.1 Å². The molecule has 0 aliphatic carbocycles. The molecular formula is C24H20ClF4N5O4. The molecule has 1 fully saturated rings. The predicted octanol–water partition coefficient (Wildman–Crippen LogP) is 3.94. The second-order valence-corrected chi connectivity index (χ2v) is 8.85. The predicted molar refractivity (Wildman–Crippen MR) is 127 cm³/mol. The summed E-state index contributed by atoms with van der Waals surface area (Å²) in [4.78, 5) is 33.3. The van der Waals surface area contributed by atoms with E-state index in [2.05, 4.69) is 25.9 Å². The molecule has 0 spiro atoms. The Morgan fingerprint density at radius 1 is 1.16 bits per heavy atom. The molecule has 1 aromatic carbocycles. The molecule has 4 rings (SSSR count). The fourth-order valence-electron chi connectivity index (χ4n) is 3.75. The zero-order valence-electron chi connectivity index (χ0n) is 19.4. The van der Waals surface area contributed by atoms with Crippen molar-refractivity contribution in [2.24, 2.45) is 0 Å². The molecule has 2 aromatic heterocycles. The largest absolute Gasteiger partial charge is 0.506 e. The average Bonchev–Trinajstić information content (AvgIpc) is 3.33. The molecule has 1 aliphatic rings. The van der Waals surface area contributed by atoms with E-state index < -0.39 is 34.9 Å². The monoisotopic (exact) mass is 553 g/mol. The summed E-state index contributed by atoms with van der Waals surface area (Å²) >= 11 is 5.68. The number of rotatable bonds is 7. The normalized spacial score (nSPS) is 17.2. The van der Waals surface area contributed by atoms with Gasteiger partial charge in [-0.3, -0.25) is 19.6 Å². The first kappa shape index (κ1) is 27.1. The summed E-state index contributed by atoms with van der Waals surface area (Å²) in [6.07, 6.45) is -1.09. The molecule has 1 unspecified atom stereocenters. The number of alkyl halides is 3. The first-order valence-electron chi connectivity index (χ1n) is 11.1.